The molecule has 4 aromatic rings. The van der Waals surface area contributed by atoms with Crippen molar-refractivity contribution in [2.45, 2.75) is 70.4 Å². The van der Waals surface area contributed by atoms with Gasteiger partial charge in [0.05, 0.1) is 35.5 Å². The predicted molar refractivity (Wildman–Crippen MR) is 215 cm³/mol. The Balaban J connectivity index is 1.40. The molecule has 2 amide bonds. The van der Waals surface area contributed by atoms with E-state index in [1.54, 1.807) is 24.3 Å². The van der Waals surface area contributed by atoms with Gasteiger partial charge in [0, 0.05) is 29.5 Å². The van der Waals surface area contributed by atoms with Crippen molar-refractivity contribution in [1.29, 1.82) is 5.26 Å². The number of nitriles is 1. The van der Waals surface area contributed by atoms with Crippen LogP contribution in [0.2, 0.25) is 10.0 Å². The van der Waals surface area contributed by atoms with E-state index in [0.29, 0.717) is 11.3 Å². The Labute approximate surface area is 350 Å². The van der Waals surface area contributed by atoms with Gasteiger partial charge in [-0.15, -0.1) is 0 Å². The van der Waals surface area contributed by atoms with E-state index in [1.807, 2.05) is 26.8 Å². The molecule has 0 saturated carbocycles. The van der Waals surface area contributed by atoms with Crippen molar-refractivity contribution in [3.8, 4) is 11.8 Å². The Morgan fingerprint density at radius 1 is 1.02 bits per heavy atom. The van der Waals surface area contributed by atoms with E-state index in [4.69, 9.17) is 42.3 Å². The Morgan fingerprint density at radius 2 is 1.75 bits per heavy atom. The second-order valence-corrected chi connectivity index (χ2v) is 15.8. The van der Waals surface area contributed by atoms with Gasteiger partial charge in [0.2, 0.25) is 12.2 Å². The summed E-state index contributed by atoms with van der Waals surface area (Å²) in [5.74, 6) is -4.67. The first kappa shape index (κ1) is 44.5. The molecule has 12 nitrogen and oxygen atoms in total. The van der Waals surface area contributed by atoms with Crippen molar-refractivity contribution < 1.29 is 47.0 Å². The van der Waals surface area contributed by atoms with Gasteiger partial charge in [-0.05, 0) is 59.4 Å². The van der Waals surface area contributed by atoms with Crippen LogP contribution in [0, 0.1) is 28.4 Å². The minimum Gasteiger partial charge on any atom is -0.495 e. The largest absolute Gasteiger partial charge is 0.495 e. The van der Waals surface area contributed by atoms with Crippen LogP contribution in [0.1, 0.15) is 67.1 Å². The third-order valence-electron chi connectivity index (χ3n) is 9.64. The summed E-state index contributed by atoms with van der Waals surface area (Å²) in [6.07, 6.45) is -1.81. The van der Waals surface area contributed by atoms with Gasteiger partial charge < -0.3 is 29.6 Å². The lowest BCUT2D eigenvalue weighted by Crippen LogP contribution is -2.45. The number of halogens is 4. The van der Waals surface area contributed by atoms with Gasteiger partial charge in [0.1, 0.15) is 42.2 Å². The SMILES string of the molecule is COc1cc(C(=O)OC(C)OC(=O)N(CC=O)OCc2ccccc2)ccc1NC(=O)[C@@H]1N[C@@H](CC(C)(C)C)[C@](C#N)(c2ccc(Cl)cc2F)[C@H]1c1cccc(Cl)c1F. The molecule has 0 bridgehead atoms. The van der Waals surface area contributed by atoms with E-state index in [1.165, 1.54) is 62.6 Å². The van der Waals surface area contributed by atoms with Gasteiger partial charge in [-0.2, -0.15) is 10.3 Å². The quantitative estimate of drug-likeness (QED) is 0.0546. The molecule has 0 radical (unpaired) electrons. The summed E-state index contributed by atoms with van der Waals surface area (Å²) >= 11 is 12.4. The average molecular weight is 852 g/mol. The molecule has 1 aliphatic rings. The Morgan fingerprint density at radius 3 is 2.39 bits per heavy atom. The number of amides is 2. The van der Waals surface area contributed by atoms with E-state index in [-0.39, 0.29) is 51.2 Å². The highest BCUT2D eigenvalue weighted by Crippen LogP contribution is 2.53. The van der Waals surface area contributed by atoms with Gasteiger partial charge in [-0.25, -0.2) is 18.4 Å². The zero-order valence-electron chi connectivity index (χ0n) is 32.8. The summed E-state index contributed by atoms with van der Waals surface area (Å²) in [5.41, 5.74) is -1.73. The van der Waals surface area contributed by atoms with E-state index < -0.39 is 71.3 Å². The normalized spacial score (nSPS) is 19.2. The molecule has 0 aliphatic carbocycles. The van der Waals surface area contributed by atoms with Gasteiger partial charge in [-0.3, -0.25) is 9.63 Å². The molecule has 310 valence electrons. The number of methoxy groups -OCH3 is 1. The zero-order chi connectivity index (χ0) is 43.1. The van der Waals surface area contributed by atoms with Crippen LogP contribution in [-0.4, -0.2) is 61.3 Å². The van der Waals surface area contributed by atoms with Crippen molar-refractivity contribution in [1.82, 2.24) is 10.4 Å². The molecule has 0 aromatic heterocycles. The van der Waals surface area contributed by atoms with Crippen LogP contribution in [0.25, 0.3) is 0 Å². The molecular formula is C43H42Cl2F2N4O8. The number of anilines is 1. The molecule has 1 heterocycles. The number of benzene rings is 4. The minimum absolute atomic E-state index is 0.00827. The number of hydroxylamine groups is 2. The van der Waals surface area contributed by atoms with Crippen LogP contribution < -0.4 is 15.4 Å². The number of carbonyl (C=O) groups is 4. The molecule has 2 N–H and O–H groups in total. The smallest absolute Gasteiger partial charge is 0.437 e. The lowest BCUT2D eigenvalue weighted by atomic mass is 9.62. The standard InChI is InChI=1S/C43H42Cl2F2N4O8/c1-25(59-41(55)51(18-19-52)57-23-26-10-7-6-8-11-26)58-40(54)27-14-17-33(34(20-27)56-5)49-39(53)38-36(29-12-9-13-31(45)37(29)47)43(24-48,35(50-38)22-42(2,3)4)30-16-15-28(44)21-32(30)46/h6-17,19-21,25,35-36,38,50H,18,22-23H2,1-5H3,(H,49,53)/t25?,35-,36-,38+,43-/m0/s1. The summed E-state index contributed by atoms with van der Waals surface area (Å²) in [5, 5.41) is 17.6. The number of nitrogens with one attached hydrogen (secondary N) is 2. The molecule has 5 rings (SSSR count). The molecular weight excluding hydrogens is 809 g/mol. The summed E-state index contributed by atoms with van der Waals surface area (Å²) in [6.45, 7) is 6.56. The second kappa shape index (κ2) is 19.0. The number of hydrogen-bond donors (Lipinski definition) is 2. The fraction of sp³-hybridized carbons (Fsp3) is 0.326. The van der Waals surface area contributed by atoms with Crippen molar-refractivity contribution in [3.63, 3.8) is 0 Å². The third kappa shape index (κ3) is 10.2. The topological polar surface area (TPSA) is 156 Å². The maximum absolute atomic E-state index is 16.1. The summed E-state index contributed by atoms with van der Waals surface area (Å²) in [4.78, 5) is 57.0. The lowest BCUT2D eigenvalue weighted by Gasteiger charge is -2.37. The molecule has 16 heteroatoms. The van der Waals surface area contributed by atoms with Crippen LogP contribution >= 0.6 is 23.2 Å². The van der Waals surface area contributed by atoms with Crippen LogP contribution in [0.15, 0.2) is 84.9 Å². The molecule has 59 heavy (non-hydrogen) atoms. The highest BCUT2D eigenvalue weighted by molar-refractivity contribution is 6.31. The highest BCUT2D eigenvalue weighted by atomic mass is 35.5. The van der Waals surface area contributed by atoms with Crippen LogP contribution in [-0.2, 0) is 35.9 Å². The maximum atomic E-state index is 16.1. The number of aldehydes is 1. The number of ether oxygens (including phenoxy) is 3. The summed E-state index contributed by atoms with van der Waals surface area (Å²) in [6, 6.07) is 21.0. The van der Waals surface area contributed by atoms with Crippen molar-refractivity contribution in [2.24, 2.45) is 5.41 Å². The first-order valence-corrected chi connectivity index (χ1v) is 19.1. The number of hydrogen-bond acceptors (Lipinski definition) is 10. The maximum Gasteiger partial charge on any atom is 0.437 e. The summed E-state index contributed by atoms with van der Waals surface area (Å²) in [7, 11) is 1.29. The van der Waals surface area contributed by atoms with Gasteiger partial charge in [-0.1, -0.05) is 92.5 Å². The van der Waals surface area contributed by atoms with Crippen molar-refractivity contribution in [2.75, 3.05) is 19.0 Å². The molecule has 1 unspecified atom stereocenters. The van der Waals surface area contributed by atoms with Crippen LogP contribution in [0.5, 0.6) is 5.75 Å². The van der Waals surface area contributed by atoms with Crippen molar-refractivity contribution >= 4 is 53.1 Å². The van der Waals surface area contributed by atoms with E-state index in [9.17, 15) is 24.4 Å². The van der Waals surface area contributed by atoms with Gasteiger partial charge in [0.25, 0.3) is 0 Å². The first-order valence-electron chi connectivity index (χ1n) is 18.4. The molecule has 4 aromatic carbocycles. The highest BCUT2D eigenvalue weighted by Gasteiger charge is 2.61. The third-order valence-corrected chi connectivity index (χ3v) is 10.2. The zero-order valence-corrected chi connectivity index (χ0v) is 34.3. The number of rotatable bonds is 14. The van der Waals surface area contributed by atoms with E-state index in [2.05, 4.69) is 16.7 Å². The number of carbonyl (C=O) groups excluding carboxylic acids is 4. The Kier molecular flexibility index (Phi) is 14.3. The first-order chi connectivity index (χ1) is 28.0. The average Bonchev–Trinajstić information content (AvgIpc) is 3.50. The molecule has 1 fully saturated rings. The van der Waals surface area contributed by atoms with Gasteiger partial charge >= 0.3 is 12.1 Å². The molecule has 0 spiro atoms. The minimum atomic E-state index is -1.86. The van der Waals surface area contributed by atoms with E-state index >= 15 is 8.78 Å². The van der Waals surface area contributed by atoms with Crippen LogP contribution in [0.3, 0.4) is 0 Å². The fourth-order valence-electron chi connectivity index (χ4n) is 7.11. The van der Waals surface area contributed by atoms with E-state index in [0.717, 1.165) is 11.6 Å². The summed E-state index contributed by atoms with van der Waals surface area (Å²) < 4.78 is 48.1. The number of nitrogens with zero attached hydrogens (tertiary/aromatic N) is 2. The fourth-order valence-corrected chi connectivity index (χ4v) is 7.45. The number of esters is 1. The Bertz CT molecular complexity index is 2240. The molecule has 1 aliphatic heterocycles. The predicted octanol–water partition coefficient (Wildman–Crippen LogP) is 8.51. The molecule has 1 saturated heterocycles. The lowest BCUT2D eigenvalue weighted by molar-refractivity contribution is -0.167. The van der Waals surface area contributed by atoms with Crippen LogP contribution in [0.4, 0.5) is 19.3 Å². The monoisotopic (exact) mass is 850 g/mol. The van der Waals surface area contributed by atoms with Crippen molar-refractivity contribution in [3.05, 3.63) is 129 Å². The second-order valence-electron chi connectivity index (χ2n) is 14.9. The Hall–Kier alpha value is -5.59. The van der Waals surface area contributed by atoms with Gasteiger partial charge in [0.15, 0.2) is 0 Å². The molecule has 5 atom stereocenters.